The second kappa shape index (κ2) is 3.43. The molecule has 12 heavy (non-hydrogen) atoms. The Labute approximate surface area is 71.3 Å². The molecule has 0 aromatic carbocycles. The third kappa shape index (κ3) is 1.49. The zero-order chi connectivity index (χ0) is 9.14. The van der Waals surface area contributed by atoms with Crippen molar-refractivity contribution in [3.05, 3.63) is 28.2 Å². The molecule has 3 heteroatoms. The molecule has 0 saturated carbocycles. The molecule has 66 valence electrons. The van der Waals surface area contributed by atoms with Crippen LogP contribution in [0, 0.1) is 0 Å². The molecule has 0 amide bonds. The van der Waals surface area contributed by atoms with E-state index >= 15 is 0 Å². The van der Waals surface area contributed by atoms with Crippen molar-refractivity contribution in [2.75, 3.05) is 0 Å². The van der Waals surface area contributed by atoms with E-state index in [2.05, 4.69) is 0 Å². The topological polar surface area (TPSA) is 42.2 Å². The van der Waals surface area contributed by atoms with Crippen molar-refractivity contribution < 1.29 is 5.11 Å². The highest BCUT2D eigenvalue weighted by molar-refractivity contribution is 5.26. The largest absolute Gasteiger partial charge is 0.503 e. The number of pyridine rings is 1. The Kier molecular flexibility index (Phi) is 2.53. The summed E-state index contributed by atoms with van der Waals surface area (Å²) in [5, 5.41) is 9.38. The van der Waals surface area contributed by atoms with Crippen LogP contribution in [0.15, 0.2) is 17.1 Å². The number of hydrogen-bond donors (Lipinski definition) is 1. The lowest BCUT2D eigenvalue weighted by atomic mass is 10.2. The predicted molar refractivity (Wildman–Crippen MR) is 47.3 cm³/mol. The van der Waals surface area contributed by atoms with Gasteiger partial charge in [-0.15, -0.1) is 0 Å². The van der Waals surface area contributed by atoms with Crippen molar-refractivity contribution in [1.82, 2.24) is 4.57 Å². The summed E-state index contributed by atoms with van der Waals surface area (Å²) in [6, 6.07) is 1.37. The van der Waals surface area contributed by atoms with Crippen LogP contribution in [0.1, 0.15) is 19.0 Å². The van der Waals surface area contributed by atoms with Crippen LogP contribution in [0.4, 0.5) is 0 Å². The molecule has 0 aliphatic rings. The first-order valence-corrected chi connectivity index (χ1v) is 4.04. The minimum absolute atomic E-state index is 0.109. The third-order valence-corrected chi connectivity index (χ3v) is 1.87. The molecule has 0 bridgehead atoms. The Bertz CT molecular complexity index is 328. The lowest BCUT2D eigenvalue weighted by Crippen LogP contribution is -2.09. The van der Waals surface area contributed by atoms with Gasteiger partial charge in [0.05, 0.1) is 5.69 Å². The summed E-state index contributed by atoms with van der Waals surface area (Å²) < 4.78 is 1.78. The van der Waals surface area contributed by atoms with Gasteiger partial charge in [-0.3, -0.25) is 4.79 Å². The van der Waals surface area contributed by atoms with E-state index < -0.39 is 0 Å². The van der Waals surface area contributed by atoms with E-state index in [1.807, 2.05) is 14.0 Å². The molecule has 0 spiro atoms. The minimum atomic E-state index is -0.295. The van der Waals surface area contributed by atoms with E-state index in [9.17, 15) is 9.90 Å². The van der Waals surface area contributed by atoms with E-state index in [-0.39, 0.29) is 11.2 Å². The van der Waals surface area contributed by atoms with Gasteiger partial charge in [0.15, 0.2) is 5.75 Å². The van der Waals surface area contributed by atoms with Crippen LogP contribution >= 0.6 is 0 Å². The average Bonchev–Trinajstić information content (AvgIpc) is 2.06. The average molecular weight is 167 g/mol. The first-order chi connectivity index (χ1) is 5.66. The van der Waals surface area contributed by atoms with E-state index in [0.717, 1.165) is 12.8 Å². The second-order valence-electron chi connectivity index (χ2n) is 2.84. The van der Waals surface area contributed by atoms with Crippen LogP contribution < -0.4 is 5.43 Å². The zero-order valence-corrected chi connectivity index (χ0v) is 7.37. The zero-order valence-electron chi connectivity index (χ0n) is 7.37. The van der Waals surface area contributed by atoms with Crippen molar-refractivity contribution in [3.63, 3.8) is 0 Å². The summed E-state index contributed by atoms with van der Waals surface area (Å²) in [6.45, 7) is 2.01. The van der Waals surface area contributed by atoms with Crippen LogP contribution in [-0.4, -0.2) is 9.67 Å². The molecule has 1 aromatic rings. The van der Waals surface area contributed by atoms with Gasteiger partial charge in [0.2, 0.25) is 5.43 Å². The fraction of sp³-hybridized carbons (Fsp3) is 0.444. The van der Waals surface area contributed by atoms with E-state index in [4.69, 9.17) is 0 Å². The standard InChI is InChI=1S/C9H13NO2/c1-3-4-7-9(12)8(11)5-6-10(7)2/h5-6,12H,3-4H2,1-2H3. The van der Waals surface area contributed by atoms with Gasteiger partial charge in [0, 0.05) is 19.3 Å². The van der Waals surface area contributed by atoms with Crippen molar-refractivity contribution in [2.45, 2.75) is 19.8 Å². The third-order valence-electron chi connectivity index (χ3n) is 1.87. The highest BCUT2D eigenvalue weighted by Gasteiger charge is 2.05. The fourth-order valence-corrected chi connectivity index (χ4v) is 1.19. The number of nitrogens with zero attached hydrogens (tertiary/aromatic N) is 1. The molecule has 0 aliphatic heterocycles. The molecular formula is C9H13NO2. The first-order valence-electron chi connectivity index (χ1n) is 4.04. The van der Waals surface area contributed by atoms with Gasteiger partial charge >= 0.3 is 0 Å². The monoisotopic (exact) mass is 167 g/mol. The van der Waals surface area contributed by atoms with Crippen molar-refractivity contribution in [2.24, 2.45) is 7.05 Å². The molecule has 0 radical (unpaired) electrons. The van der Waals surface area contributed by atoms with Gasteiger partial charge in [0.1, 0.15) is 0 Å². The van der Waals surface area contributed by atoms with E-state index in [0.29, 0.717) is 5.69 Å². The molecule has 0 unspecified atom stereocenters. The molecule has 1 heterocycles. The Hall–Kier alpha value is -1.25. The van der Waals surface area contributed by atoms with Crippen molar-refractivity contribution in [3.8, 4) is 5.75 Å². The Morgan fingerprint density at radius 2 is 2.25 bits per heavy atom. The molecule has 0 aliphatic carbocycles. The number of aromatic nitrogens is 1. The van der Waals surface area contributed by atoms with Gasteiger partial charge in [-0.05, 0) is 6.42 Å². The van der Waals surface area contributed by atoms with E-state index in [1.165, 1.54) is 6.07 Å². The molecule has 3 nitrogen and oxygen atoms in total. The lowest BCUT2D eigenvalue weighted by Gasteiger charge is -2.07. The van der Waals surface area contributed by atoms with Crippen molar-refractivity contribution in [1.29, 1.82) is 0 Å². The molecular weight excluding hydrogens is 154 g/mol. The normalized spacial score (nSPS) is 10.2. The van der Waals surface area contributed by atoms with Crippen LogP contribution in [0.5, 0.6) is 5.75 Å². The van der Waals surface area contributed by atoms with Gasteiger partial charge in [-0.2, -0.15) is 0 Å². The molecule has 1 aromatic heterocycles. The second-order valence-corrected chi connectivity index (χ2v) is 2.84. The van der Waals surface area contributed by atoms with Crippen LogP contribution in [-0.2, 0) is 13.5 Å². The van der Waals surface area contributed by atoms with Crippen LogP contribution in [0.25, 0.3) is 0 Å². The Morgan fingerprint density at radius 3 is 2.83 bits per heavy atom. The first kappa shape index (κ1) is 8.84. The number of aromatic hydroxyl groups is 1. The number of hydrogen-bond acceptors (Lipinski definition) is 2. The fourth-order valence-electron chi connectivity index (χ4n) is 1.19. The van der Waals surface area contributed by atoms with E-state index in [1.54, 1.807) is 10.8 Å². The summed E-state index contributed by atoms with van der Waals surface area (Å²) in [5.74, 6) is -0.109. The van der Waals surface area contributed by atoms with Crippen molar-refractivity contribution >= 4 is 0 Å². The molecule has 0 saturated heterocycles. The highest BCUT2D eigenvalue weighted by atomic mass is 16.3. The van der Waals surface area contributed by atoms with Gasteiger partial charge in [-0.1, -0.05) is 13.3 Å². The highest BCUT2D eigenvalue weighted by Crippen LogP contribution is 2.11. The lowest BCUT2D eigenvalue weighted by molar-refractivity contribution is 0.452. The summed E-state index contributed by atoms with van der Waals surface area (Å²) in [6.07, 6.45) is 3.33. The summed E-state index contributed by atoms with van der Waals surface area (Å²) >= 11 is 0. The molecule has 0 atom stereocenters. The number of rotatable bonds is 2. The predicted octanol–water partition coefficient (Wildman–Crippen LogP) is 1.04. The van der Waals surface area contributed by atoms with Crippen LogP contribution in [0.3, 0.4) is 0 Å². The molecule has 0 fully saturated rings. The quantitative estimate of drug-likeness (QED) is 0.715. The SMILES string of the molecule is CCCc1c(O)c(=O)ccn1C. The number of aryl methyl sites for hydroxylation is 1. The maximum atomic E-state index is 11.0. The molecule has 1 rings (SSSR count). The van der Waals surface area contributed by atoms with Gasteiger partial charge in [-0.25, -0.2) is 0 Å². The summed E-state index contributed by atoms with van der Waals surface area (Å²) in [7, 11) is 1.82. The summed E-state index contributed by atoms with van der Waals surface area (Å²) in [4.78, 5) is 11.0. The van der Waals surface area contributed by atoms with Gasteiger partial charge in [0.25, 0.3) is 0 Å². The maximum Gasteiger partial charge on any atom is 0.223 e. The smallest absolute Gasteiger partial charge is 0.223 e. The molecule has 1 N–H and O–H groups in total. The maximum absolute atomic E-state index is 11.0. The van der Waals surface area contributed by atoms with Crippen LogP contribution in [0.2, 0.25) is 0 Å². The Morgan fingerprint density at radius 1 is 1.58 bits per heavy atom. The minimum Gasteiger partial charge on any atom is -0.503 e. The Balaban J connectivity index is 3.23. The van der Waals surface area contributed by atoms with Gasteiger partial charge < -0.3 is 9.67 Å². The summed E-state index contributed by atoms with van der Waals surface area (Å²) in [5.41, 5.74) is 0.418.